The molecular formula is C15H28N2O. The highest BCUT2D eigenvalue weighted by Crippen LogP contribution is 2.20. The van der Waals surface area contributed by atoms with Crippen LogP contribution in [0.5, 0.6) is 0 Å². The highest BCUT2D eigenvalue weighted by molar-refractivity contribution is 5.82. The highest BCUT2D eigenvalue weighted by atomic mass is 16.1. The molecule has 3 nitrogen and oxygen atoms in total. The zero-order valence-corrected chi connectivity index (χ0v) is 12.0. The van der Waals surface area contributed by atoms with E-state index in [2.05, 4.69) is 9.80 Å². The molecule has 0 spiro atoms. The molecule has 2 heterocycles. The van der Waals surface area contributed by atoms with E-state index < -0.39 is 0 Å². The van der Waals surface area contributed by atoms with E-state index in [1.807, 2.05) is 13.8 Å². The van der Waals surface area contributed by atoms with Gasteiger partial charge in [-0.05, 0) is 38.8 Å². The van der Waals surface area contributed by atoms with Gasteiger partial charge in [-0.1, -0.05) is 20.3 Å². The summed E-state index contributed by atoms with van der Waals surface area (Å²) in [5.74, 6) is 0.580. The Kier molecular flexibility index (Phi) is 5.19. The second kappa shape index (κ2) is 6.67. The molecule has 0 aromatic heterocycles. The number of piperidine rings is 2. The number of hydrogen-bond donors (Lipinski definition) is 0. The van der Waals surface area contributed by atoms with Gasteiger partial charge in [0.1, 0.15) is 5.78 Å². The molecule has 0 atom stereocenters. The van der Waals surface area contributed by atoms with Gasteiger partial charge in [0.2, 0.25) is 0 Å². The van der Waals surface area contributed by atoms with Gasteiger partial charge < -0.3 is 4.90 Å². The van der Waals surface area contributed by atoms with Gasteiger partial charge in [-0.15, -0.1) is 0 Å². The molecule has 0 saturated carbocycles. The molecule has 2 aliphatic heterocycles. The maximum atomic E-state index is 11.7. The van der Waals surface area contributed by atoms with Crippen LogP contribution in [0.3, 0.4) is 0 Å². The van der Waals surface area contributed by atoms with Gasteiger partial charge in [0.25, 0.3) is 0 Å². The Labute approximate surface area is 112 Å². The van der Waals surface area contributed by atoms with Crippen LogP contribution in [0.1, 0.15) is 46.0 Å². The van der Waals surface area contributed by atoms with Gasteiger partial charge in [0.05, 0.1) is 6.54 Å². The molecule has 2 aliphatic rings. The topological polar surface area (TPSA) is 23.6 Å². The van der Waals surface area contributed by atoms with Crippen molar-refractivity contribution in [2.75, 3.05) is 32.7 Å². The maximum Gasteiger partial charge on any atom is 0.149 e. The fourth-order valence-electron chi connectivity index (χ4n) is 3.13. The first-order chi connectivity index (χ1) is 8.66. The van der Waals surface area contributed by atoms with E-state index in [0.717, 1.165) is 19.1 Å². The van der Waals surface area contributed by atoms with Crippen molar-refractivity contribution in [2.45, 2.75) is 52.0 Å². The van der Waals surface area contributed by atoms with Crippen molar-refractivity contribution in [1.29, 1.82) is 0 Å². The molecule has 2 rings (SSSR count). The summed E-state index contributed by atoms with van der Waals surface area (Å²) in [6, 6.07) is 0.788. The normalized spacial score (nSPS) is 24.6. The molecule has 0 aromatic carbocycles. The highest BCUT2D eigenvalue weighted by Gasteiger charge is 2.26. The number of carbonyl (C=O) groups excluding carboxylic acids is 1. The van der Waals surface area contributed by atoms with E-state index in [9.17, 15) is 4.79 Å². The third-order valence-electron chi connectivity index (χ3n) is 4.49. The largest absolute Gasteiger partial charge is 0.300 e. The molecule has 104 valence electrons. The Bertz CT molecular complexity index is 264. The second-order valence-electron chi connectivity index (χ2n) is 6.22. The van der Waals surface area contributed by atoms with Gasteiger partial charge in [-0.25, -0.2) is 0 Å². The van der Waals surface area contributed by atoms with Gasteiger partial charge in [-0.2, -0.15) is 0 Å². The molecule has 0 radical (unpaired) electrons. The number of Topliss-reactive ketones (excluding diaryl/α,β-unsaturated/α-hetero) is 1. The Hall–Kier alpha value is -0.410. The van der Waals surface area contributed by atoms with Gasteiger partial charge in [-0.3, -0.25) is 9.69 Å². The summed E-state index contributed by atoms with van der Waals surface area (Å²) in [6.45, 7) is 9.50. The molecular weight excluding hydrogens is 224 g/mol. The molecule has 2 saturated heterocycles. The SMILES string of the molecule is CC(C)C(=O)CN1CCC(N2CCCCC2)CC1. The van der Waals surface area contributed by atoms with E-state index in [0.29, 0.717) is 12.3 Å². The van der Waals surface area contributed by atoms with Crippen molar-refractivity contribution in [1.82, 2.24) is 9.80 Å². The lowest BCUT2D eigenvalue weighted by molar-refractivity contribution is -0.123. The van der Waals surface area contributed by atoms with Crippen LogP contribution in [0.15, 0.2) is 0 Å². The molecule has 18 heavy (non-hydrogen) atoms. The average molecular weight is 252 g/mol. The number of rotatable bonds is 4. The predicted octanol–water partition coefficient (Wildman–Crippen LogP) is 2.16. The molecule has 3 heteroatoms. The molecule has 0 aliphatic carbocycles. The summed E-state index contributed by atoms with van der Waals surface area (Å²) >= 11 is 0. The quantitative estimate of drug-likeness (QED) is 0.766. The fraction of sp³-hybridized carbons (Fsp3) is 0.933. The van der Waals surface area contributed by atoms with Crippen molar-refractivity contribution < 1.29 is 4.79 Å². The minimum absolute atomic E-state index is 0.185. The van der Waals surface area contributed by atoms with E-state index in [1.54, 1.807) is 0 Å². The Balaban J connectivity index is 1.72. The van der Waals surface area contributed by atoms with Crippen LogP contribution in [0.25, 0.3) is 0 Å². The summed E-state index contributed by atoms with van der Waals surface area (Å²) in [7, 11) is 0. The zero-order valence-electron chi connectivity index (χ0n) is 12.0. The van der Waals surface area contributed by atoms with Crippen molar-refractivity contribution >= 4 is 5.78 Å². The Morgan fingerprint density at radius 3 is 2.22 bits per heavy atom. The first-order valence-corrected chi connectivity index (χ1v) is 7.66. The van der Waals surface area contributed by atoms with Crippen LogP contribution in [-0.2, 0) is 4.79 Å². The maximum absolute atomic E-state index is 11.7. The number of carbonyl (C=O) groups is 1. The first-order valence-electron chi connectivity index (χ1n) is 7.66. The summed E-state index contributed by atoms with van der Waals surface area (Å²) in [5.41, 5.74) is 0. The van der Waals surface area contributed by atoms with Crippen LogP contribution in [-0.4, -0.2) is 54.3 Å². The lowest BCUT2D eigenvalue weighted by Gasteiger charge is -2.40. The summed E-state index contributed by atoms with van der Waals surface area (Å²) in [5, 5.41) is 0. The number of likely N-dealkylation sites (tertiary alicyclic amines) is 2. The van der Waals surface area contributed by atoms with Crippen molar-refractivity contribution in [3.8, 4) is 0 Å². The van der Waals surface area contributed by atoms with Gasteiger partial charge in [0, 0.05) is 25.0 Å². The average Bonchev–Trinajstić information content (AvgIpc) is 2.40. The van der Waals surface area contributed by atoms with Crippen molar-refractivity contribution in [3.05, 3.63) is 0 Å². The van der Waals surface area contributed by atoms with E-state index in [-0.39, 0.29) is 5.92 Å². The van der Waals surface area contributed by atoms with Crippen LogP contribution < -0.4 is 0 Å². The lowest BCUT2D eigenvalue weighted by Crippen LogP contribution is -2.47. The van der Waals surface area contributed by atoms with Crippen molar-refractivity contribution in [2.24, 2.45) is 5.92 Å². The van der Waals surface area contributed by atoms with Gasteiger partial charge >= 0.3 is 0 Å². The number of ketones is 1. The minimum Gasteiger partial charge on any atom is -0.300 e. The smallest absolute Gasteiger partial charge is 0.149 e. The molecule has 0 bridgehead atoms. The number of hydrogen-bond acceptors (Lipinski definition) is 3. The van der Waals surface area contributed by atoms with Crippen LogP contribution in [0.2, 0.25) is 0 Å². The molecule has 0 amide bonds. The summed E-state index contributed by atoms with van der Waals surface area (Å²) in [6.07, 6.45) is 6.69. The third kappa shape index (κ3) is 3.79. The minimum atomic E-state index is 0.185. The summed E-state index contributed by atoms with van der Waals surface area (Å²) in [4.78, 5) is 16.8. The predicted molar refractivity (Wildman–Crippen MR) is 74.7 cm³/mol. The third-order valence-corrected chi connectivity index (χ3v) is 4.49. The summed E-state index contributed by atoms with van der Waals surface area (Å²) < 4.78 is 0. The fourth-order valence-corrected chi connectivity index (χ4v) is 3.13. The van der Waals surface area contributed by atoms with E-state index in [4.69, 9.17) is 0 Å². The Morgan fingerprint density at radius 1 is 1.06 bits per heavy atom. The van der Waals surface area contributed by atoms with Gasteiger partial charge in [0.15, 0.2) is 0 Å². The second-order valence-corrected chi connectivity index (χ2v) is 6.22. The molecule has 0 unspecified atom stereocenters. The number of nitrogens with zero attached hydrogens (tertiary/aromatic N) is 2. The lowest BCUT2D eigenvalue weighted by atomic mass is 9.99. The monoisotopic (exact) mass is 252 g/mol. The zero-order chi connectivity index (χ0) is 13.0. The molecule has 2 fully saturated rings. The van der Waals surface area contributed by atoms with E-state index in [1.165, 1.54) is 45.2 Å². The van der Waals surface area contributed by atoms with Crippen molar-refractivity contribution in [3.63, 3.8) is 0 Å². The first kappa shape index (κ1) is 14.0. The van der Waals surface area contributed by atoms with Crippen LogP contribution in [0.4, 0.5) is 0 Å². The Morgan fingerprint density at radius 2 is 1.67 bits per heavy atom. The molecule has 0 N–H and O–H groups in total. The van der Waals surface area contributed by atoms with Crippen LogP contribution in [0, 0.1) is 5.92 Å². The van der Waals surface area contributed by atoms with E-state index >= 15 is 0 Å². The standard InChI is InChI=1S/C15H28N2O/c1-13(2)15(18)12-16-10-6-14(7-11-16)17-8-4-3-5-9-17/h13-14H,3-12H2,1-2H3. The van der Waals surface area contributed by atoms with Crippen LogP contribution >= 0.6 is 0 Å². The molecule has 0 aromatic rings.